The van der Waals surface area contributed by atoms with Crippen LogP contribution in [0.4, 0.5) is 0 Å². The minimum absolute atomic E-state index is 0.325. The van der Waals surface area contributed by atoms with E-state index in [-0.39, 0.29) is 6.10 Å². The lowest BCUT2D eigenvalue weighted by atomic mass is 9.71. The Morgan fingerprint density at radius 2 is 1.89 bits per heavy atom. The summed E-state index contributed by atoms with van der Waals surface area (Å²) in [6.07, 6.45) is 3.51. The summed E-state index contributed by atoms with van der Waals surface area (Å²) in [5, 5.41) is 9.97. The van der Waals surface area contributed by atoms with Crippen molar-refractivity contribution in [1.29, 1.82) is 0 Å². The van der Waals surface area contributed by atoms with Crippen LogP contribution in [-0.2, 0) is 4.74 Å². The number of aliphatic hydroxyl groups excluding tert-OH is 1. The molecule has 1 saturated carbocycles. The van der Waals surface area contributed by atoms with Crippen LogP contribution in [0.25, 0.3) is 0 Å². The third-order valence-electron chi connectivity index (χ3n) is 3.63. The van der Waals surface area contributed by atoms with Crippen molar-refractivity contribution in [3.8, 4) is 0 Å². The topological polar surface area (TPSA) is 29.5 Å². The molecule has 1 fully saturated rings. The highest BCUT2D eigenvalue weighted by Crippen LogP contribution is 2.39. The van der Waals surface area contributed by atoms with Crippen LogP contribution in [0.5, 0.6) is 0 Å². The zero-order chi connectivity index (χ0) is 14.0. The molecule has 0 radical (unpaired) electrons. The summed E-state index contributed by atoms with van der Waals surface area (Å²) in [4.78, 5) is 0. The zero-order valence-corrected chi connectivity index (χ0v) is 13.1. The smallest absolute Gasteiger partial charge is 0.126 e. The number of rotatable bonds is 5. The molecule has 108 valence electrons. The van der Waals surface area contributed by atoms with Crippen LogP contribution in [0.15, 0.2) is 0 Å². The lowest BCUT2D eigenvalue weighted by Crippen LogP contribution is -2.44. The molecule has 0 amide bonds. The van der Waals surface area contributed by atoms with Crippen molar-refractivity contribution in [1.82, 2.24) is 0 Å². The molecule has 0 spiro atoms. The highest BCUT2D eigenvalue weighted by molar-refractivity contribution is 4.83. The SMILES string of the molecule is C[C@@H]1C[C@H](OC[C@@H](O)C[N+](C)(C)C)CC(C)(C)C1. The molecule has 3 atom stereocenters. The first-order chi connectivity index (χ1) is 8.07. The highest BCUT2D eigenvalue weighted by Gasteiger charge is 2.32. The molecule has 0 bridgehead atoms. The molecule has 0 unspecified atom stereocenters. The fraction of sp³-hybridized carbons (Fsp3) is 1.00. The van der Waals surface area contributed by atoms with Crippen molar-refractivity contribution in [3.05, 3.63) is 0 Å². The average Bonchev–Trinajstić information content (AvgIpc) is 2.08. The van der Waals surface area contributed by atoms with Gasteiger partial charge >= 0.3 is 0 Å². The predicted octanol–water partition coefficient (Wildman–Crippen LogP) is 2.28. The van der Waals surface area contributed by atoms with Gasteiger partial charge in [-0.3, -0.25) is 0 Å². The molecule has 1 rings (SSSR count). The van der Waals surface area contributed by atoms with Gasteiger partial charge < -0.3 is 14.3 Å². The Labute approximate surface area is 113 Å². The maximum Gasteiger partial charge on any atom is 0.126 e. The molecule has 0 aliphatic heterocycles. The van der Waals surface area contributed by atoms with E-state index in [4.69, 9.17) is 4.74 Å². The third kappa shape index (κ3) is 6.17. The van der Waals surface area contributed by atoms with Crippen LogP contribution >= 0.6 is 0 Å². The van der Waals surface area contributed by atoms with Gasteiger partial charge in [-0.25, -0.2) is 0 Å². The van der Waals surface area contributed by atoms with E-state index in [1.165, 1.54) is 6.42 Å². The molecule has 3 nitrogen and oxygen atoms in total. The van der Waals surface area contributed by atoms with E-state index in [2.05, 4.69) is 41.9 Å². The highest BCUT2D eigenvalue weighted by atomic mass is 16.5. The Balaban J connectivity index is 2.34. The summed E-state index contributed by atoms with van der Waals surface area (Å²) in [6, 6.07) is 0. The predicted molar refractivity (Wildman–Crippen MR) is 75.4 cm³/mol. The van der Waals surface area contributed by atoms with Gasteiger partial charge in [0, 0.05) is 0 Å². The maximum absolute atomic E-state index is 9.97. The Hall–Kier alpha value is -0.120. The van der Waals surface area contributed by atoms with Crippen LogP contribution in [0.3, 0.4) is 0 Å². The van der Waals surface area contributed by atoms with Gasteiger partial charge in [0.25, 0.3) is 0 Å². The molecular weight excluding hydrogens is 226 g/mol. The summed E-state index contributed by atoms with van der Waals surface area (Å²) in [6.45, 7) is 8.16. The molecule has 3 heteroatoms. The fourth-order valence-corrected chi connectivity index (χ4v) is 3.32. The largest absolute Gasteiger partial charge is 0.385 e. The second kappa shape index (κ2) is 5.89. The number of aliphatic hydroxyl groups is 1. The van der Waals surface area contributed by atoms with E-state index in [0.29, 0.717) is 18.1 Å². The third-order valence-corrected chi connectivity index (χ3v) is 3.63. The second-order valence-corrected chi connectivity index (χ2v) is 8.00. The van der Waals surface area contributed by atoms with Crippen molar-refractivity contribution < 1.29 is 14.3 Å². The average molecular weight is 258 g/mol. The molecule has 0 aromatic carbocycles. The van der Waals surface area contributed by atoms with Gasteiger partial charge in [-0.2, -0.15) is 0 Å². The van der Waals surface area contributed by atoms with Gasteiger partial charge in [-0.15, -0.1) is 0 Å². The Morgan fingerprint density at radius 3 is 2.39 bits per heavy atom. The van der Waals surface area contributed by atoms with E-state index >= 15 is 0 Å². The van der Waals surface area contributed by atoms with E-state index < -0.39 is 0 Å². The van der Waals surface area contributed by atoms with Crippen LogP contribution < -0.4 is 0 Å². The van der Waals surface area contributed by atoms with Crippen LogP contribution in [0.1, 0.15) is 40.0 Å². The zero-order valence-electron chi connectivity index (χ0n) is 13.1. The van der Waals surface area contributed by atoms with Crippen LogP contribution in [0, 0.1) is 11.3 Å². The molecule has 0 saturated heterocycles. The van der Waals surface area contributed by atoms with Gasteiger partial charge in [0.05, 0.1) is 33.9 Å². The standard InChI is InChI=1S/C15H32NO2/c1-12-7-14(9-15(2,3)8-12)18-11-13(17)10-16(4,5)6/h12-14,17H,7-11H2,1-6H3/q+1/t12-,13+,14+/m1/s1. The minimum atomic E-state index is -0.356. The Morgan fingerprint density at radius 1 is 1.28 bits per heavy atom. The summed E-state index contributed by atoms with van der Waals surface area (Å²) in [7, 11) is 6.28. The lowest BCUT2D eigenvalue weighted by Gasteiger charge is -2.39. The monoisotopic (exact) mass is 258 g/mol. The first-order valence-corrected chi connectivity index (χ1v) is 7.17. The number of ether oxygens (including phenoxy) is 1. The number of likely N-dealkylation sites (N-methyl/N-ethyl adjacent to an activating group) is 1. The summed E-state index contributed by atoms with van der Waals surface area (Å²) < 4.78 is 6.71. The van der Waals surface area contributed by atoms with Crippen LogP contribution in [0.2, 0.25) is 0 Å². The molecular formula is C15H32NO2+. The number of nitrogens with zero attached hydrogens (tertiary/aromatic N) is 1. The number of hydrogen-bond acceptors (Lipinski definition) is 2. The van der Waals surface area contributed by atoms with Gasteiger partial charge in [-0.05, 0) is 30.6 Å². The summed E-state index contributed by atoms with van der Waals surface area (Å²) in [5.41, 5.74) is 0.382. The fourth-order valence-electron chi connectivity index (χ4n) is 3.32. The van der Waals surface area contributed by atoms with E-state index in [1.807, 2.05) is 0 Å². The lowest BCUT2D eigenvalue weighted by molar-refractivity contribution is -0.873. The van der Waals surface area contributed by atoms with Gasteiger partial charge in [-0.1, -0.05) is 20.8 Å². The van der Waals surface area contributed by atoms with Gasteiger partial charge in [0.15, 0.2) is 0 Å². The molecule has 1 N–H and O–H groups in total. The van der Waals surface area contributed by atoms with Crippen molar-refractivity contribution >= 4 is 0 Å². The van der Waals surface area contributed by atoms with Gasteiger partial charge in [0.1, 0.15) is 12.6 Å². The van der Waals surface area contributed by atoms with Crippen molar-refractivity contribution in [2.75, 3.05) is 34.3 Å². The molecule has 0 aromatic heterocycles. The molecule has 0 aromatic rings. The first-order valence-electron chi connectivity index (χ1n) is 7.17. The van der Waals surface area contributed by atoms with Crippen LogP contribution in [-0.4, -0.2) is 56.1 Å². The van der Waals surface area contributed by atoms with Crippen molar-refractivity contribution in [2.24, 2.45) is 11.3 Å². The second-order valence-electron chi connectivity index (χ2n) is 8.00. The Bertz CT molecular complexity index is 258. The van der Waals surface area contributed by atoms with E-state index in [1.54, 1.807) is 0 Å². The molecule has 1 aliphatic rings. The first kappa shape index (κ1) is 15.9. The normalized spacial score (nSPS) is 30.2. The van der Waals surface area contributed by atoms with Crippen molar-refractivity contribution in [2.45, 2.75) is 52.2 Å². The minimum Gasteiger partial charge on any atom is -0.385 e. The van der Waals surface area contributed by atoms with E-state index in [0.717, 1.165) is 29.8 Å². The number of hydrogen-bond donors (Lipinski definition) is 1. The van der Waals surface area contributed by atoms with E-state index in [9.17, 15) is 5.11 Å². The molecule has 1 aliphatic carbocycles. The van der Waals surface area contributed by atoms with Crippen molar-refractivity contribution in [3.63, 3.8) is 0 Å². The van der Waals surface area contributed by atoms with Gasteiger partial charge in [0.2, 0.25) is 0 Å². The Kier molecular flexibility index (Phi) is 5.22. The molecule has 18 heavy (non-hydrogen) atoms. The maximum atomic E-state index is 9.97. The summed E-state index contributed by atoms with van der Waals surface area (Å²) >= 11 is 0. The quantitative estimate of drug-likeness (QED) is 0.767. The number of quaternary nitrogens is 1. The molecule has 0 heterocycles. The summed E-state index contributed by atoms with van der Waals surface area (Å²) in [5.74, 6) is 0.731.